The SMILES string of the molecule is C=C(C)C(=O)OC(CC(O)(C(F)F)C(F)(F)F)C(F)(F)F. The molecule has 0 aliphatic rings. The second kappa shape index (κ2) is 6.16. The summed E-state index contributed by atoms with van der Waals surface area (Å²) in [4.78, 5) is 10.9. The molecule has 0 aromatic heterocycles. The minimum atomic E-state index is -6.06. The van der Waals surface area contributed by atoms with Crippen molar-refractivity contribution in [2.75, 3.05) is 0 Å². The highest BCUT2D eigenvalue weighted by atomic mass is 19.4. The van der Waals surface area contributed by atoms with Crippen molar-refractivity contribution in [2.45, 2.75) is 43.8 Å². The van der Waals surface area contributed by atoms with Gasteiger partial charge in [0.05, 0.1) is 0 Å². The van der Waals surface area contributed by atoms with Crippen LogP contribution < -0.4 is 0 Å². The summed E-state index contributed by atoms with van der Waals surface area (Å²) < 4.78 is 103. The van der Waals surface area contributed by atoms with Crippen molar-refractivity contribution in [1.29, 1.82) is 0 Å². The van der Waals surface area contributed by atoms with E-state index >= 15 is 0 Å². The zero-order valence-electron chi connectivity index (χ0n) is 10.4. The third-order valence-corrected chi connectivity index (χ3v) is 2.31. The molecular formula is C10H10F8O3. The number of rotatable bonds is 5. The first kappa shape index (κ1) is 19.6. The summed E-state index contributed by atoms with van der Waals surface area (Å²) in [7, 11) is 0. The molecule has 0 aromatic carbocycles. The summed E-state index contributed by atoms with van der Waals surface area (Å²) in [6, 6.07) is 0. The molecule has 0 aliphatic heterocycles. The molecule has 0 aliphatic carbocycles. The second-order valence-electron chi connectivity index (χ2n) is 4.14. The van der Waals surface area contributed by atoms with Gasteiger partial charge in [0, 0.05) is 12.0 Å². The van der Waals surface area contributed by atoms with Gasteiger partial charge < -0.3 is 9.84 Å². The Balaban J connectivity index is 5.48. The lowest BCUT2D eigenvalue weighted by molar-refractivity contribution is -0.319. The first-order valence-electron chi connectivity index (χ1n) is 5.13. The maximum absolute atomic E-state index is 12.5. The molecule has 1 N–H and O–H groups in total. The lowest BCUT2D eigenvalue weighted by atomic mass is 9.95. The second-order valence-corrected chi connectivity index (χ2v) is 4.14. The van der Waals surface area contributed by atoms with Gasteiger partial charge in [-0.15, -0.1) is 0 Å². The van der Waals surface area contributed by atoms with Gasteiger partial charge in [-0.3, -0.25) is 0 Å². The number of halogens is 8. The van der Waals surface area contributed by atoms with Crippen LogP contribution in [0.3, 0.4) is 0 Å². The Kier molecular flexibility index (Phi) is 5.75. The Labute approximate surface area is 113 Å². The van der Waals surface area contributed by atoms with Gasteiger partial charge in [0.15, 0.2) is 0 Å². The minimum absolute atomic E-state index is 0.586. The molecule has 0 amide bonds. The lowest BCUT2D eigenvalue weighted by Crippen LogP contribution is -2.55. The Hall–Kier alpha value is -1.39. The summed E-state index contributed by atoms with van der Waals surface area (Å²) in [6.07, 6.45) is -22.4. The van der Waals surface area contributed by atoms with E-state index in [0.29, 0.717) is 0 Å². The molecule has 0 spiro atoms. The van der Waals surface area contributed by atoms with Crippen molar-refractivity contribution in [3.05, 3.63) is 12.2 Å². The molecule has 0 radical (unpaired) electrons. The number of carbonyl (C=O) groups is 1. The minimum Gasteiger partial charge on any atom is -0.449 e. The number of esters is 1. The third-order valence-electron chi connectivity index (χ3n) is 2.31. The fraction of sp³-hybridized carbons (Fsp3) is 0.700. The molecule has 11 heteroatoms. The Morgan fingerprint density at radius 3 is 1.86 bits per heavy atom. The normalized spacial score (nSPS) is 17.3. The van der Waals surface area contributed by atoms with E-state index in [1.54, 1.807) is 0 Å². The average molecular weight is 330 g/mol. The van der Waals surface area contributed by atoms with Gasteiger partial charge in [0.2, 0.25) is 11.7 Å². The van der Waals surface area contributed by atoms with Crippen LogP contribution in [-0.2, 0) is 9.53 Å². The standard InChI is InChI=1S/C10H10F8O3/c1-4(2)6(19)21-5(9(13,14)15)3-8(20,7(11)12)10(16,17)18/h5,7,20H,1,3H2,2H3. The van der Waals surface area contributed by atoms with Crippen LogP contribution >= 0.6 is 0 Å². The van der Waals surface area contributed by atoms with Crippen molar-refractivity contribution in [2.24, 2.45) is 0 Å². The Bertz CT molecular complexity index is 400. The maximum Gasteiger partial charge on any atom is 0.425 e. The first-order chi connectivity index (χ1) is 9.13. The zero-order chi connectivity index (χ0) is 17.2. The van der Waals surface area contributed by atoms with E-state index in [9.17, 15) is 39.9 Å². The van der Waals surface area contributed by atoms with Crippen LogP contribution in [0, 0.1) is 0 Å². The van der Waals surface area contributed by atoms with Crippen LogP contribution in [-0.4, -0.2) is 41.6 Å². The Morgan fingerprint density at radius 2 is 1.62 bits per heavy atom. The van der Waals surface area contributed by atoms with E-state index < -0.39 is 48.4 Å². The molecule has 0 aromatic rings. The number of hydrogen-bond donors (Lipinski definition) is 1. The summed E-state index contributed by atoms with van der Waals surface area (Å²) in [5, 5.41) is 8.82. The van der Waals surface area contributed by atoms with Crippen LogP contribution in [0.5, 0.6) is 0 Å². The molecule has 0 saturated carbocycles. The zero-order valence-corrected chi connectivity index (χ0v) is 10.4. The summed E-state index contributed by atoms with van der Waals surface area (Å²) >= 11 is 0. The van der Waals surface area contributed by atoms with Crippen LogP contribution in [0.15, 0.2) is 12.2 Å². The lowest BCUT2D eigenvalue weighted by Gasteiger charge is -2.33. The van der Waals surface area contributed by atoms with E-state index in [0.717, 1.165) is 6.92 Å². The van der Waals surface area contributed by atoms with Gasteiger partial charge in [-0.1, -0.05) is 6.58 Å². The number of aliphatic hydroxyl groups is 1. The van der Waals surface area contributed by atoms with Gasteiger partial charge in [0.1, 0.15) is 0 Å². The number of hydrogen-bond acceptors (Lipinski definition) is 3. The van der Waals surface area contributed by atoms with Gasteiger partial charge in [-0.2, -0.15) is 26.3 Å². The van der Waals surface area contributed by atoms with Crippen molar-refractivity contribution in [1.82, 2.24) is 0 Å². The molecule has 3 nitrogen and oxygen atoms in total. The average Bonchev–Trinajstić information content (AvgIpc) is 2.24. The Morgan fingerprint density at radius 1 is 1.19 bits per heavy atom. The highest BCUT2D eigenvalue weighted by Crippen LogP contribution is 2.42. The molecule has 0 fully saturated rings. The smallest absolute Gasteiger partial charge is 0.425 e. The molecule has 0 bridgehead atoms. The van der Waals surface area contributed by atoms with E-state index in [1.807, 2.05) is 0 Å². The van der Waals surface area contributed by atoms with Gasteiger partial charge in [-0.25, -0.2) is 13.6 Å². The van der Waals surface area contributed by atoms with Gasteiger partial charge >= 0.3 is 18.3 Å². The van der Waals surface area contributed by atoms with Crippen LogP contribution in [0.25, 0.3) is 0 Å². The highest BCUT2D eigenvalue weighted by Gasteiger charge is 2.64. The van der Waals surface area contributed by atoms with Crippen molar-refractivity contribution in [3.63, 3.8) is 0 Å². The largest absolute Gasteiger partial charge is 0.449 e. The maximum atomic E-state index is 12.5. The van der Waals surface area contributed by atoms with E-state index in [1.165, 1.54) is 0 Å². The predicted octanol–water partition coefficient (Wildman–Crippen LogP) is 2.99. The highest BCUT2D eigenvalue weighted by molar-refractivity contribution is 5.87. The first-order valence-corrected chi connectivity index (χ1v) is 5.13. The topological polar surface area (TPSA) is 46.5 Å². The van der Waals surface area contributed by atoms with Crippen LogP contribution in [0.1, 0.15) is 13.3 Å². The molecular weight excluding hydrogens is 320 g/mol. The van der Waals surface area contributed by atoms with Crippen molar-refractivity contribution >= 4 is 5.97 Å². The summed E-state index contributed by atoms with van der Waals surface area (Å²) in [6.45, 7) is 3.80. The monoisotopic (exact) mass is 330 g/mol. The quantitative estimate of drug-likeness (QED) is 0.479. The van der Waals surface area contributed by atoms with Gasteiger partial charge in [0.25, 0.3) is 6.43 Å². The summed E-state index contributed by atoms with van der Waals surface area (Å²) in [5.41, 5.74) is -5.56. The van der Waals surface area contributed by atoms with Gasteiger partial charge in [-0.05, 0) is 6.92 Å². The molecule has 2 unspecified atom stereocenters. The van der Waals surface area contributed by atoms with Crippen molar-refractivity contribution < 1.29 is 49.8 Å². The van der Waals surface area contributed by atoms with Crippen LogP contribution in [0.4, 0.5) is 35.1 Å². The van der Waals surface area contributed by atoms with E-state index in [-0.39, 0.29) is 0 Å². The van der Waals surface area contributed by atoms with Crippen LogP contribution in [0.2, 0.25) is 0 Å². The predicted molar refractivity (Wildman–Crippen MR) is 52.4 cm³/mol. The molecule has 0 heterocycles. The van der Waals surface area contributed by atoms with E-state index in [4.69, 9.17) is 5.11 Å². The number of ether oxygens (including phenoxy) is 1. The van der Waals surface area contributed by atoms with E-state index in [2.05, 4.69) is 11.3 Å². The number of alkyl halides is 8. The molecule has 0 rings (SSSR count). The summed E-state index contributed by atoms with van der Waals surface area (Å²) in [5.74, 6) is -1.73. The van der Waals surface area contributed by atoms with Crippen molar-refractivity contribution in [3.8, 4) is 0 Å². The molecule has 2 atom stereocenters. The molecule has 124 valence electrons. The third kappa shape index (κ3) is 4.83. The molecule has 21 heavy (non-hydrogen) atoms. The number of carbonyl (C=O) groups excluding carboxylic acids is 1. The molecule has 0 saturated heterocycles. The fourth-order valence-electron chi connectivity index (χ4n) is 1.07. The fourth-order valence-corrected chi connectivity index (χ4v) is 1.07.